The van der Waals surface area contributed by atoms with E-state index in [2.05, 4.69) is 27.3 Å². The van der Waals surface area contributed by atoms with Crippen LogP contribution in [0.5, 0.6) is 17.2 Å². The van der Waals surface area contributed by atoms with E-state index in [0.29, 0.717) is 45.5 Å². The lowest BCUT2D eigenvalue weighted by atomic mass is 9.96. The van der Waals surface area contributed by atoms with Gasteiger partial charge in [-0.1, -0.05) is 124 Å². The summed E-state index contributed by atoms with van der Waals surface area (Å²) < 4.78 is 132. The number of nitrogens with zero attached hydrogens (tertiary/aromatic N) is 2. The predicted molar refractivity (Wildman–Crippen MR) is 438 cm³/mol. The minimum Gasteiger partial charge on any atom is -0.462 e. The van der Waals surface area contributed by atoms with Gasteiger partial charge in [-0.25, -0.2) is 28.4 Å². The number of hydrogen-bond acceptors (Lipinski definition) is 27. The predicted octanol–water partition coefficient (Wildman–Crippen LogP) is 13.4. The number of rotatable bonds is 24. The van der Waals surface area contributed by atoms with E-state index in [1.807, 2.05) is 9.97 Å². The molecule has 113 heavy (non-hydrogen) atoms. The molecule has 2 saturated heterocycles. The van der Waals surface area contributed by atoms with Crippen molar-refractivity contribution in [2.45, 2.75) is 170 Å². The summed E-state index contributed by atoms with van der Waals surface area (Å²) in [6, 6.07) is 26.8. The Balaban J connectivity index is 0.000000400. The molecule has 0 bridgehead atoms. The number of aliphatic hydroxyl groups is 5. The third-order valence-corrected chi connectivity index (χ3v) is 22.5. The number of aliphatic hydroxyl groups excluding tert-OH is 2. The van der Waals surface area contributed by atoms with Crippen LogP contribution in [0.15, 0.2) is 169 Å². The first-order valence-electron chi connectivity index (χ1n) is 35.5. The summed E-state index contributed by atoms with van der Waals surface area (Å²) in [5.41, 5.74) is -3.35. The molecule has 2 fully saturated rings. The lowest BCUT2D eigenvalue weighted by Crippen LogP contribution is -2.47. The molecule has 5 aromatic carbocycles. The summed E-state index contributed by atoms with van der Waals surface area (Å²) in [7, 11) is -4.80. The number of benzene rings is 5. The van der Waals surface area contributed by atoms with E-state index in [-0.39, 0.29) is 51.4 Å². The molecule has 9 rings (SSSR count). The molecular weight excluding hydrogens is 1770 g/mol. The lowest BCUT2D eigenvalue weighted by molar-refractivity contribution is -0.149. The van der Waals surface area contributed by atoms with Gasteiger partial charge < -0.3 is 68.5 Å². The first-order valence-corrected chi connectivity index (χ1v) is 43.2. The second-order valence-electron chi connectivity index (χ2n) is 24.5. The molecule has 626 valence electrons. The maximum atomic E-state index is 13.8. The van der Waals surface area contributed by atoms with Gasteiger partial charge in [0.2, 0.25) is 0 Å². The van der Waals surface area contributed by atoms with Crippen LogP contribution < -0.4 is 52.0 Å². The van der Waals surface area contributed by atoms with E-state index >= 15 is 0 Å². The summed E-state index contributed by atoms with van der Waals surface area (Å²) in [6.45, 7) is 6.93. The van der Waals surface area contributed by atoms with E-state index in [1.54, 1.807) is 146 Å². The highest BCUT2D eigenvalue weighted by molar-refractivity contribution is 8.56. The number of carbonyl (C=O) groups is 3. The van der Waals surface area contributed by atoms with Gasteiger partial charge in [-0.15, -0.1) is 25.0 Å². The number of thiol groups is 1. The maximum Gasteiger partial charge on any atom is 0.459 e. The molecular formula is C68H85Cl9N7O24P3S2. The fourth-order valence-electron chi connectivity index (χ4n) is 8.52. The van der Waals surface area contributed by atoms with Gasteiger partial charge in [-0.2, -0.15) is 5.09 Å². The topological polar surface area (TPSA) is 446 Å². The monoisotopic (exact) mass is 1860 g/mol. The summed E-state index contributed by atoms with van der Waals surface area (Å²) in [5, 5.41) is 58.4. The Morgan fingerprint density at radius 3 is 1.36 bits per heavy atom. The van der Waals surface area contributed by atoms with Crippen molar-refractivity contribution in [1.29, 1.82) is 0 Å². The molecule has 0 aliphatic carbocycles. The molecule has 0 radical (unpaired) electrons. The molecule has 13 atom stereocenters. The number of esters is 3. The normalized spacial score (nSPS) is 21.7. The van der Waals surface area contributed by atoms with Crippen molar-refractivity contribution in [1.82, 2.24) is 29.3 Å². The average molecular weight is 1870 g/mol. The quantitative estimate of drug-likeness (QED) is 0.00880. The van der Waals surface area contributed by atoms with E-state index < -0.39 is 152 Å². The molecule has 2 aromatic heterocycles. The van der Waals surface area contributed by atoms with Crippen LogP contribution in [0.3, 0.4) is 0 Å². The summed E-state index contributed by atoms with van der Waals surface area (Å²) in [5.74, 6) is -0.978. The fourth-order valence-corrected chi connectivity index (χ4v) is 16.4. The molecule has 7 aromatic rings. The lowest BCUT2D eigenvalue weighted by Gasteiger charge is -2.27. The van der Waals surface area contributed by atoms with Crippen LogP contribution in [0, 0.1) is 0 Å². The molecule has 45 heteroatoms. The van der Waals surface area contributed by atoms with Crippen molar-refractivity contribution < 1.29 is 104 Å². The number of aromatic nitrogens is 4. The van der Waals surface area contributed by atoms with Crippen LogP contribution in [0.1, 0.15) is 96.8 Å². The van der Waals surface area contributed by atoms with E-state index in [1.165, 1.54) is 31.2 Å². The molecule has 0 unspecified atom stereocenters. The molecule has 0 saturated carbocycles. The number of halogens is 9. The summed E-state index contributed by atoms with van der Waals surface area (Å²) in [4.78, 5) is 86.6. The van der Waals surface area contributed by atoms with Gasteiger partial charge in [0.05, 0.1) is 69.8 Å². The molecule has 11 N–H and O–H groups in total. The van der Waals surface area contributed by atoms with E-state index in [4.69, 9.17) is 143 Å². The van der Waals surface area contributed by atoms with Gasteiger partial charge in [-0.05, 0) is 148 Å². The molecule has 2 aliphatic rings. The van der Waals surface area contributed by atoms with Crippen molar-refractivity contribution in [3.8, 4) is 17.2 Å². The van der Waals surface area contributed by atoms with Crippen molar-refractivity contribution >= 4 is 167 Å². The van der Waals surface area contributed by atoms with E-state index in [9.17, 15) is 72.8 Å². The van der Waals surface area contributed by atoms with Gasteiger partial charge in [0.1, 0.15) is 71.0 Å². The molecule has 31 nitrogen and oxygen atoms in total. The number of nitrogens with one attached hydrogen (secondary N) is 4. The third kappa shape index (κ3) is 33.6. The van der Waals surface area contributed by atoms with Crippen LogP contribution >= 0.6 is 149 Å². The smallest absolute Gasteiger partial charge is 0.459 e. The van der Waals surface area contributed by atoms with Crippen molar-refractivity contribution in [2.75, 3.05) is 13.1 Å². The van der Waals surface area contributed by atoms with Gasteiger partial charge in [0, 0.05) is 56.8 Å². The number of ether oxygens (including phenoxy) is 5. The SMILES string of the molecule is CC(C)OC(=O)[C@H](C)N.CC(C)OC(=O)[C@H](C)N[P@](=O)(Oc1ccccc1)Sc1cc(Cl)c(Cl)cc1Cl.Cl.O=P(Cl)(Cl)Oc1ccccc1.Sc1cc(Cl)c(Cl)cc1Cl.[2H]c1cn([C@@H]2O[C@H](C([2H])([2H])O)[C@@H](O)[C@@]2(C)O)c(=O)[nH]c1=O.[2H]c1cn([C@@H]2O[C@H](C([2H])([2H])O[P@@](=O)(N[C@@H](C)C(=O)OC(C)C)Oc3ccccc3)[C@@H](O)[C@@]2(C)O)c(=O)[nH]c1=O. The number of H-pyrrole nitrogens is 2. The van der Waals surface area contributed by atoms with Crippen LogP contribution in [0.4, 0.5) is 0 Å². The minimum absolute atomic E-state index is 0. The zero-order valence-corrected chi connectivity index (χ0v) is 72.4. The Morgan fingerprint density at radius 2 is 0.973 bits per heavy atom. The third-order valence-electron chi connectivity index (χ3n) is 13.7. The highest BCUT2D eigenvalue weighted by Gasteiger charge is 2.55. The number of para-hydroxylation sites is 3. The standard InChI is InChI=1S/C22H30N3O10P.C18H19Cl3NO4PS.C10H14N2O6.C6H3Cl3S.C6H5Cl2O2P.C6H13NO2.ClH/c1-13(2)33-19(28)14(3)24-36(31,35-15-8-6-5-7-9-15)32-12-16-18(27)22(4,30)20(34-16)25-11-10-17(26)23-21(25)29;1-11(2)25-18(23)12(3)22-27(24,26-13-7-5-4-6-8-13)28-17-10-15(20)14(19)9-16(17)21;1-10(17)7(15)5(4-13)18-8(10)12-3-2-6(14)11-9(12)16;7-3-1-5(9)6(10)2-4(3)8;7-11(8,9)10-6-4-2-1-3-5-6;1-4(2)9-6(8)5(3)7;/h5-11,13-14,16,18,20,27,30H,12H2,1-4H3,(H,24,31)(H,23,26,29);4-12H,1-3H3,(H,22,24);2-3,5,7-8,13,15,17H,4H2,1H3,(H,11,14,16);1-2,10H;1-5H;4-5H,7H2,1-3H3;1H/t14-,16+,18+,20+,22+,36-;12-,27-;5-,7-,8-,10-;;;5-;/m001..0./s1/i10D,12D2;;2D,4D2;;;;. The molecule has 0 spiro atoms. The highest BCUT2D eigenvalue weighted by atomic mass is 35.9. The zero-order valence-electron chi connectivity index (χ0n) is 67.1. The van der Waals surface area contributed by atoms with Crippen molar-refractivity contribution in [3.05, 3.63) is 212 Å². The van der Waals surface area contributed by atoms with Crippen molar-refractivity contribution in [2.24, 2.45) is 5.73 Å². The highest BCUT2D eigenvalue weighted by Crippen LogP contribution is 2.61. The van der Waals surface area contributed by atoms with Gasteiger partial charge in [0.15, 0.2) is 12.5 Å². The Labute approximate surface area is 713 Å². The first kappa shape index (κ1) is 91.7. The van der Waals surface area contributed by atoms with Gasteiger partial charge in [-0.3, -0.25) is 47.6 Å². The molecule has 0 amide bonds. The Morgan fingerprint density at radius 1 is 0.602 bits per heavy atom. The Bertz CT molecular complexity index is 4920. The Kier molecular flexibility index (Phi) is 38.0. The number of hydrogen-bond donors (Lipinski definition) is 11. The van der Waals surface area contributed by atoms with Crippen LogP contribution in [0.2, 0.25) is 30.1 Å². The van der Waals surface area contributed by atoms with Crippen LogP contribution in [0.25, 0.3) is 0 Å². The van der Waals surface area contributed by atoms with Crippen LogP contribution in [-0.4, -0.2) is 148 Å². The summed E-state index contributed by atoms with van der Waals surface area (Å²) >= 11 is 50.4. The number of nitrogens with two attached hydrogens (primary N) is 1. The van der Waals surface area contributed by atoms with Crippen LogP contribution in [-0.2, 0) is 56.3 Å². The second-order valence-corrected chi connectivity index (χ2v) is 37.2. The first-order chi connectivity index (χ1) is 54.2. The zero-order chi connectivity index (χ0) is 89.9. The number of aromatic amines is 2. The largest absolute Gasteiger partial charge is 0.462 e. The molecule has 4 heterocycles. The van der Waals surface area contributed by atoms with E-state index in [0.717, 1.165) is 37.6 Å². The fraction of sp³-hybridized carbons (Fsp3) is 0.397. The second kappa shape index (κ2) is 46.8. The maximum absolute atomic E-state index is 13.8. The Hall–Kier alpha value is -5.17. The minimum atomic E-state index is -4.80. The van der Waals surface area contributed by atoms with Gasteiger partial charge in [0.25, 0.3) is 11.1 Å². The van der Waals surface area contributed by atoms with Gasteiger partial charge >= 0.3 is 49.8 Å². The average Bonchev–Trinajstić information content (AvgIpc) is 1.60. The molecule has 2 aliphatic heterocycles. The number of carbonyl (C=O) groups excluding carboxylic acids is 3. The van der Waals surface area contributed by atoms with Crippen molar-refractivity contribution in [3.63, 3.8) is 0 Å². The summed E-state index contributed by atoms with van der Waals surface area (Å²) in [6.07, 6.45) is -14.0.